The second-order valence-corrected chi connectivity index (χ2v) is 8.41. The molecule has 1 heterocycles. The molecule has 1 N–H and O–H groups in total. The van der Waals surface area contributed by atoms with Crippen LogP contribution in [0.3, 0.4) is 0 Å². The van der Waals surface area contributed by atoms with Crippen LogP contribution in [0.5, 0.6) is 0 Å². The number of benzene rings is 1. The average Bonchev–Trinajstić information content (AvgIpc) is 2.61. The van der Waals surface area contributed by atoms with Gasteiger partial charge in [0.15, 0.2) is 0 Å². The van der Waals surface area contributed by atoms with E-state index in [1.807, 2.05) is 0 Å². The molecule has 1 unspecified atom stereocenters. The monoisotopic (exact) mass is 367 g/mol. The maximum Gasteiger partial charge on any atom is 0.247 e. The quantitative estimate of drug-likeness (QED) is 0.858. The molecule has 2 rings (SSSR count). The maximum atomic E-state index is 12.6. The lowest BCUT2D eigenvalue weighted by Crippen LogP contribution is -2.49. The van der Waals surface area contributed by atoms with Crippen LogP contribution in [0, 0.1) is 0 Å². The highest BCUT2D eigenvalue weighted by molar-refractivity contribution is 7.89. The Hall–Kier alpha value is -1.93. The molecule has 1 fully saturated rings. The standard InChI is InChI=1S/C17H25N3O4S/c1-4-16(21)20-11-6-5-10-15(20)17(22)18-13-8-7-9-14(12-13)25(23,24)19(2)3/h7-9,12,15H,4-6,10-11H2,1-3H3,(H,18,22). The van der Waals surface area contributed by atoms with Crippen molar-refractivity contribution in [3.8, 4) is 0 Å². The van der Waals surface area contributed by atoms with Crippen molar-refractivity contribution >= 4 is 27.5 Å². The normalized spacial score (nSPS) is 18.2. The summed E-state index contributed by atoms with van der Waals surface area (Å²) in [5.41, 5.74) is 0.405. The van der Waals surface area contributed by atoms with Crippen molar-refractivity contribution in [1.29, 1.82) is 0 Å². The molecule has 1 aliphatic heterocycles. The minimum Gasteiger partial charge on any atom is -0.331 e. The van der Waals surface area contributed by atoms with Gasteiger partial charge in [-0.05, 0) is 37.5 Å². The Morgan fingerprint density at radius 2 is 2.00 bits per heavy atom. The van der Waals surface area contributed by atoms with Gasteiger partial charge in [-0.1, -0.05) is 13.0 Å². The van der Waals surface area contributed by atoms with Crippen molar-refractivity contribution in [2.24, 2.45) is 0 Å². The molecule has 0 aliphatic carbocycles. The molecule has 0 aromatic heterocycles. The number of hydrogen-bond donors (Lipinski definition) is 1. The predicted molar refractivity (Wildman–Crippen MR) is 95.6 cm³/mol. The summed E-state index contributed by atoms with van der Waals surface area (Å²) in [5.74, 6) is -0.315. The third-order valence-electron chi connectivity index (χ3n) is 4.31. The highest BCUT2D eigenvalue weighted by atomic mass is 32.2. The highest BCUT2D eigenvalue weighted by Crippen LogP contribution is 2.22. The summed E-state index contributed by atoms with van der Waals surface area (Å²) in [7, 11) is -0.660. The molecule has 1 aromatic rings. The molecule has 2 amide bonds. The van der Waals surface area contributed by atoms with Gasteiger partial charge in [0.25, 0.3) is 0 Å². The molecule has 7 nitrogen and oxygen atoms in total. The van der Waals surface area contributed by atoms with Gasteiger partial charge in [0, 0.05) is 32.7 Å². The molecule has 1 atom stereocenters. The van der Waals surface area contributed by atoms with Crippen LogP contribution in [-0.4, -0.2) is 56.1 Å². The third-order valence-corrected chi connectivity index (χ3v) is 6.12. The number of amides is 2. The summed E-state index contributed by atoms with van der Waals surface area (Å²) in [6.07, 6.45) is 2.76. The lowest BCUT2D eigenvalue weighted by atomic mass is 10.0. The zero-order valence-corrected chi connectivity index (χ0v) is 15.7. The van der Waals surface area contributed by atoms with Crippen LogP contribution in [0.15, 0.2) is 29.2 Å². The van der Waals surface area contributed by atoms with Gasteiger partial charge in [0.1, 0.15) is 6.04 Å². The lowest BCUT2D eigenvalue weighted by molar-refractivity contribution is -0.140. The SMILES string of the molecule is CCC(=O)N1CCCCC1C(=O)Nc1cccc(S(=O)(=O)N(C)C)c1. The number of piperidine rings is 1. The van der Waals surface area contributed by atoms with Crippen LogP contribution < -0.4 is 5.32 Å². The summed E-state index contributed by atoms with van der Waals surface area (Å²) in [4.78, 5) is 26.4. The molecule has 0 spiro atoms. The molecular weight excluding hydrogens is 342 g/mol. The first kappa shape index (κ1) is 19.4. The molecule has 25 heavy (non-hydrogen) atoms. The van der Waals surface area contributed by atoms with E-state index in [1.54, 1.807) is 24.0 Å². The van der Waals surface area contributed by atoms with E-state index < -0.39 is 16.1 Å². The average molecular weight is 367 g/mol. The van der Waals surface area contributed by atoms with Crippen molar-refractivity contribution in [3.63, 3.8) is 0 Å². The summed E-state index contributed by atoms with van der Waals surface area (Å²) in [6, 6.07) is 5.64. The summed E-state index contributed by atoms with van der Waals surface area (Å²) < 4.78 is 25.5. The number of carbonyl (C=O) groups excluding carboxylic acids is 2. The third kappa shape index (κ3) is 4.38. The lowest BCUT2D eigenvalue weighted by Gasteiger charge is -2.34. The Labute approximate surface area is 149 Å². The van der Waals surface area contributed by atoms with Crippen molar-refractivity contribution in [3.05, 3.63) is 24.3 Å². The minimum atomic E-state index is -3.57. The highest BCUT2D eigenvalue weighted by Gasteiger charge is 2.31. The Bertz CT molecular complexity index is 746. The van der Waals surface area contributed by atoms with Gasteiger partial charge in [-0.3, -0.25) is 9.59 Å². The number of anilines is 1. The van der Waals surface area contributed by atoms with Crippen molar-refractivity contribution in [2.45, 2.75) is 43.5 Å². The van der Waals surface area contributed by atoms with Gasteiger partial charge in [-0.15, -0.1) is 0 Å². The first-order valence-electron chi connectivity index (χ1n) is 8.40. The van der Waals surface area contributed by atoms with Crippen LogP contribution in [0.25, 0.3) is 0 Å². The fourth-order valence-electron chi connectivity index (χ4n) is 2.88. The van der Waals surface area contributed by atoms with E-state index in [0.717, 1.165) is 17.1 Å². The molecule has 8 heteroatoms. The number of hydrogen-bond acceptors (Lipinski definition) is 4. The minimum absolute atomic E-state index is 0.0382. The van der Waals surface area contributed by atoms with Gasteiger partial charge >= 0.3 is 0 Å². The fraction of sp³-hybridized carbons (Fsp3) is 0.529. The first-order valence-corrected chi connectivity index (χ1v) is 9.84. The number of sulfonamides is 1. The van der Waals surface area contributed by atoms with E-state index in [0.29, 0.717) is 25.1 Å². The van der Waals surface area contributed by atoms with Gasteiger partial charge in [0.2, 0.25) is 21.8 Å². The van der Waals surface area contributed by atoms with E-state index in [-0.39, 0.29) is 16.7 Å². The van der Waals surface area contributed by atoms with Crippen LogP contribution in [0.2, 0.25) is 0 Å². The first-order chi connectivity index (χ1) is 11.8. The largest absolute Gasteiger partial charge is 0.331 e. The fourth-order valence-corrected chi connectivity index (χ4v) is 3.82. The van der Waals surface area contributed by atoms with Crippen LogP contribution in [-0.2, 0) is 19.6 Å². The Morgan fingerprint density at radius 3 is 2.64 bits per heavy atom. The number of rotatable bonds is 5. The van der Waals surface area contributed by atoms with E-state index in [1.165, 1.54) is 26.2 Å². The zero-order valence-electron chi connectivity index (χ0n) is 14.9. The maximum absolute atomic E-state index is 12.6. The number of nitrogens with zero attached hydrogens (tertiary/aromatic N) is 2. The molecular formula is C17H25N3O4S. The van der Waals surface area contributed by atoms with Crippen molar-refractivity contribution in [2.75, 3.05) is 26.0 Å². The van der Waals surface area contributed by atoms with Gasteiger partial charge in [0.05, 0.1) is 4.90 Å². The van der Waals surface area contributed by atoms with E-state index in [4.69, 9.17) is 0 Å². The number of carbonyl (C=O) groups is 2. The smallest absolute Gasteiger partial charge is 0.247 e. The number of likely N-dealkylation sites (tertiary alicyclic amines) is 1. The second kappa shape index (κ2) is 7.97. The van der Waals surface area contributed by atoms with Crippen LogP contribution in [0.1, 0.15) is 32.6 Å². The molecule has 1 aliphatic rings. The summed E-state index contributed by atoms with van der Waals surface area (Å²) >= 11 is 0. The predicted octanol–water partition coefficient (Wildman–Crippen LogP) is 1.67. The topological polar surface area (TPSA) is 86.8 Å². The van der Waals surface area contributed by atoms with Gasteiger partial charge < -0.3 is 10.2 Å². The van der Waals surface area contributed by atoms with E-state index in [2.05, 4.69) is 5.32 Å². The van der Waals surface area contributed by atoms with E-state index >= 15 is 0 Å². The van der Waals surface area contributed by atoms with Crippen LogP contribution >= 0.6 is 0 Å². The Morgan fingerprint density at radius 1 is 1.28 bits per heavy atom. The van der Waals surface area contributed by atoms with Crippen LogP contribution in [0.4, 0.5) is 5.69 Å². The summed E-state index contributed by atoms with van der Waals surface area (Å²) in [5, 5.41) is 2.76. The Balaban J connectivity index is 2.19. The molecule has 1 saturated heterocycles. The van der Waals surface area contributed by atoms with E-state index in [9.17, 15) is 18.0 Å². The summed E-state index contributed by atoms with van der Waals surface area (Å²) in [6.45, 7) is 2.36. The second-order valence-electron chi connectivity index (χ2n) is 6.26. The molecule has 1 aromatic carbocycles. The van der Waals surface area contributed by atoms with Crippen molar-refractivity contribution < 1.29 is 18.0 Å². The molecule has 138 valence electrons. The van der Waals surface area contributed by atoms with Gasteiger partial charge in [-0.2, -0.15) is 0 Å². The molecule has 0 radical (unpaired) electrons. The Kier molecular flexibility index (Phi) is 6.18. The molecule has 0 saturated carbocycles. The number of nitrogens with one attached hydrogen (secondary N) is 1. The molecule has 0 bridgehead atoms. The van der Waals surface area contributed by atoms with Crippen molar-refractivity contribution in [1.82, 2.24) is 9.21 Å². The van der Waals surface area contributed by atoms with Gasteiger partial charge in [-0.25, -0.2) is 12.7 Å². The zero-order chi connectivity index (χ0) is 18.6.